The maximum absolute atomic E-state index is 10.7. The quantitative estimate of drug-likeness (QED) is 0.714. The Morgan fingerprint density at radius 1 is 1.30 bits per heavy atom. The van der Waals surface area contributed by atoms with Crippen LogP contribution < -0.4 is 15.8 Å². The van der Waals surface area contributed by atoms with Gasteiger partial charge < -0.3 is 20.9 Å². The molecule has 4 heteroatoms. The molecule has 4 nitrogen and oxygen atoms in total. The number of hydrogen-bond acceptors (Lipinski definition) is 4. The molecule has 0 heterocycles. The molecule has 1 aromatic carbocycles. The van der Waals surface area contributed by atoms with E-state index in [-0.39, 0.29) is 6.04 Å². The number of ether oxygens (including phenoxy) is 1. The number of likely N-dealkylation sites (N-methyl/N-ethyl adjacent to an activating group) is 1. The van der Waals surface area contributed by atoms with Gasteiger partial charge in [-0.25, -0.2) is 0 Å². The SMILES string of the molecule is CCOc1cc(C)c(C(O)C(CCN)NC)c(C)c1C. The third-order valence-corrected chi connectivity index (χ3v) is 3.93. The molecule has 1 aromatic rings. The molecule has 0 spiro atoms. The molecule has 0 amide bonds. The summed E-state index contributed by atoms with van der Waals surface area (Å²) < 4.78 is 5.65. The smallest absolute Gasteiger partial charge is 0.122 e. The molecule has 4 N–H and O–H groups in total. The van der Waals surface area contributed by atoms with E-state index in [1.54, 1.807) is 0 Å². The highest BCUT2D eigenvalue weighted by Crippen LogP contribution is 2.33. The molecule has 1 rings (SSSR count). The number of aryl methyl sites for hydroxylation is 1. The molecule has 114 valence electrons. The number of benzene rings is 1. The van der Waals surface area contributed by atoms with Crippen LogP contribution in [0.5, 0.6) is 5.75 Å². The standard InChI is InChI=1S/C16H28N2O2/c1-6-20-14-9-10(2)15(12(4)11(14)3)16(19)13(18-5)7-8-17/h9,13,16,18-19H,6-8,17H2,1-5H3. The summed E-state index contributed by atoms with van der Waals surface area (Å²) in [5.41, 5.74) is 9.85. The van der Waals surface area contributed by atoms with Crippen molar-refractivity contribution < 1.29 is 9.84 Å². The minimum absolute atomic E-state index is 0.0326. The second kappa shape index (κ2) is 7.62. The van der Waals surface area contributed by atoms with Gasteiger partial charge in [0.05, 0.1) is 12.7 Å². The maximum atomic E-state index is 10.7. The van der Waals surface area contributed by atoms with E-state index in [0.29, 0.717) is 13.2 Å². The summed E-state index contributed by atoms with van der Waals surface area (Å²) in [7, 11) is 1.86. The zero-order chi connectivity index (χ0) is 15.3. The van der Waals surface area contributed by atoms with Gasteiger partial charge in [0.1, 0.15) is 5.75 Å². The van der Waals surface area contributed by atoms with Crippen LogP contribution in [-0.2, 0) is 0 Å². The predicted octanol–water partition coefficient (Wildman–Crippen LogP) is 1.98. The predicted molar refractivity (Wildman–Crippen MR) is 83.3 cm³/mol. The van der Waals surface area contributed by atoms with Crippen molar-refractivity contribution in [3.8, 4) is 5.75 Å². The molecule has 0 fully saturated rings. The molecule has 20 heavy (non-hydrogen) atoms. The summed E-state index contributed by atoms with van der Waals surface area (Å²) >= 11 is 0. The highest BCUT2D eigenvalue weighted by atomic mass is 16.5. The van der Waals surface area contributed by atoms with Crippen LogP contribution in [-0.4, -0.2) is 31.3 Å². The number of hydrogen-bond donors (Lipinski definition) is 3. The first-order valence-corrected chi connectivity index (χ1v) is 7.26. The molecule has 0 aromatic heterocycles. The average Bonchev–Trinajstić information content (AvgIpc) is 2.42. The minimum atomic E-state index is -0.557. The molecule has 0 aliphatic carbocycles. The minimum Gasteiger partial charge on any atom is -0.494 e. The number of nitrogens with two attached hydrogens (primary N) is 1. The topological polar surface area (TPSA) is 67.5 Å². The van der Waals surface area contributed by atoms with Crippen molar-refractivity contribution in [2.75, 3.05) is 20.2 Å². The van der Waals surface area contributed by atoms with Crippen LogP contribution in [0.4, 0.5) is 0 Å². The van der Waals surface area contributed by atoms with E-state index in [9.17, 15) is 5.11 Å². The van der Waals surface area contributed by atoms with E-state index in [1.165, 1.54) is 0 Å². The van der Waals surface area contributed by atoms with Crippen molar-refractivity contribution in [2.24, 2.45) is 5.73 Å². The lowest BCUT2D eigenvalue weighted by molar-refractivity contribution is 0.127. The summed E-state index contributed by atoms with van der Waals surface area (Å²) in [6, 6.07) is 1.98. The Kier molecular flexibility index (Phi) is 6.46. The third kappa shape index (κ3) is 3.51. The Bertz CT molecular complexity index is 447. The molecule has 0 saturated heterocycles. The van der Waals surface area contributed by atoms with E-state index in [4.69, 9.17) is 10.5 Å². The van der Waals surface area contributed by atoms with Crippen molar-refractivity contribution in [2.45, 2.75) is 46.3 Å². The van der Waals surface area contributed by atoms with Gasteiger partial charge in [-0.3, -0.25) is 0 Å². The summed E-state index contributed by atoms with van der Waals surface area (Å²) in [4.78, 5) is 0. The lowest BCUT2D eigenvalue weighted by Crippen LogP contribution is -2.35. The van der Waals surface area contributed by atoms with Gasteiger partial charge in [-0.15, -0.1) is 0 Å². The fraction of sp³-hybridized carbons (Fsp3) is 0.625. The second-order valence-electron chi connectivity index (χ2n) is 5.21. The van der Waals surface area contributed by atoms with Crippen molar-refractivity contribution in [1.82, 2.24) is 5.32 Å². The Morgan fingerprint density at radius 3 is 2.45 bits per heavy atom. The molecule has 0 aliphatic rings. The highest BCUT2D eigenvalue weighted by Gasteiger charge is 2.24. The van der Waals surface area contributed by atoms with Crippen molar-refractivity contribution in [3.63, 3.8) is 0 Å². The normalized spacial score (nSPS) is 14.2. The number of nitrogens with one attached hydrogen (secondary N) is 1. The first kappa shape index (κ1) is 17.0. The fourth-order valence-electron chi connectivity index (χ4n) is 2.67. The summed E-state index contributed by atoms with van der Waals surface area (Å²) in [5.74, 6) is 0.901. The molecule has 0 radical (unpaired) electrons. The largest absolute Gasteiger partial charge is 0.494 e. The van der Waals surface area contributed by atoms with Gasteiger partial charge in [-0.2, -0.15) is 0 Å². The van der Waals surface area contributed by atoms with Crippen LogP contribution in [0.1, 0.15) is 41.7 Å². The van der Waals surface area contributed by atoms with Gasteiger partial charge in [-0.05, 0) is 76.0 Å². The van der Waals surface area contributed by atoms with Crippen molar-refractivity contribution in [3.05, 3.63) is 28.3 Å². The molecule has 0 saturated carbocycles. The van der Waals surface area contributed by atoms with Gasteiger partial charge in [0.25, 0.3) is 0 Å². The molecule has 0 aliphatic heterocycles. The average molecular weight is 280 g/mol. The monoisotopic (exact) mass is 280 g/mol. The van der Waals surface area contributed by atoms with Gasteiger partial charge in [-0.1, -0.05) is 0 Å². The van der Waals surface area contributed by atoms with Crippen LogP contribution >= 0.6 is 0 Å². The maximum Gasteiger partial charge on any atom is 0.122 e. The molecule has 0 bridgehead atoms. The van der Waals surface area contributed by atoms with Gasteiger partial charge >= 0.3 is 0 Å². The van der Waals surface area contributed by atoms with E-state index in [2.05, 4.69) is 5.32 Å². The summed E-state index contributed by atoms with van der Waals surface area (Å²) in [6.07, 6.45) is 0.181. The van der Waals surface area contributed by atoms with Crippen LogP contribution in [0, 0.1) is 20.8 Å². The van der Waals surface area contributed by atoms with Crippen LogP contribution in [0.25, 0.3) is 0 Å². The Balaban J connectivity index is 3.21. The molecule has 2 unspecified atom stereocenters. The molecular formula is C16H28N2O2. The van der Waals surface area contributed by atoms with E-state index >= 15 is 0 Å². The van der Waals surface area contributed by atoms with Crippen molar-refractivity contribution >= 4 is 0 Å². The van der Waals surface area contributed by atoms with E-state index < -0.39 is 6.10 Å². The summed E-state index contributed by atoms with van der Waals surface area (Å²) in [5, 5.41) is 13.8. The number of aliphatic hydroxyl groups excluding tert-OH is 1. The Hall–Kier alpha value is -1.10. The van der Waals surface area contributed by atoms with Gasteiger partial charge in [0.2, 0.25) is 0 Å². The zero-order valence-corrected chi connectivity index (χ0v) is 13.3. The Labute approximate surface area is 122 Å². The third-order valence-electron chi connectivity index (χ3n) is 3.93. The lowest BCUT2D eigenvalue weighted by Gasteiger charge is -2.27. The zero-order valence-electron chi connectivity index (χ0n) is 13.3. The fourth-order valence-corrected chi connectivity index (χ4v) is 2.67. The number of rotatable bonds is 7. The Morgan fingerprint density at radius 2 is 1.95 bits per heavy atom. The first-order valence-electron chi connectivity index (χ1n) is 7.26. The van der Waals surface area contributed by atoms with E-state index in [1.807, 2.05) is 40.8 Å². The molecular weight excluding hydrogens is 252 g/mol. The highest BCUT2D eigenvalue weighted by molar-refractivity contribution is 5.49. The van der Waals surface area contributed by atoms with Crippen molar-refractivity contribution in [1.29, 1.82) is 0 Å². The van der Waals surface area contributed by atoms with Crippen LogP contribution in [0.15, 0.2) is 6.07 Å². The van der Waals surface area contributed by atoms with Crippen LogP contribution in [0.2, 0.25) is 0 Å². The van der Waals surface area contributed by atoms with Crippen LogP contribution in [0.3, 0.4) is 0 Å². The van der Waals surface area contributed by atoms with Gasteiger partial charge in [0.15, 0.2) is 0 Å². The van der Waals surface area contributed by atoms with Gasteiger partial charge in [0, 0.05) is 6.04 Å². The summed E-state index contributed by atoms with van der Waals surface area (Å²) in [6.45, 7) is 9.27. The number of aliphatic hydroxyl groups is 1. The molecule has 2 atom stereocenters. The lowest BCUT2D eigenvalue weighted by atomic mass is 9.89. The second-order valence-corrected chi connectivity index (χ2v) is 5.21. The van der Waals surface area contributed by atoms with E-state index in [0.717, 1.165) is 34.4 Å². The first-order chi connectivity index (χ1) is 9.47.